The maximum absolute atomic E-state index is 10.1. The smallest absolute Gasteiger partial charge is 0.0829 e. The van der Waals surface area contributed by atoms with Gasteiger partial charge in [-0.05, 0) is 25.0 Å². The minimum absolute atomic E-state index is 0.250. The maximum atomic E-state index is 10.1. The summed E-state index contributed by atoms with van der Waals surface area (Å²) in [6.45, 7) is 13.4. The molecule has 0 fully saturated rings. The monoisotopic (exact) mass is 222 g/mol. The van der Waals surface area contributed by atoms with Gasteiger partial charge in [-0.1, -0.05) is 44.0 Å². The fourth-order valence-electron chi connectivity index (χ4n) is 0.731. The minimum Gasteiger partial charge on any atom is -0.474 e. The third-order valence-electron chi connectivity index (χ3n) is 1.62. The SMILES string of the molecule is C=CF.C=COC=C.Cc1ccccc1C. The molecule has 1 aromatic carbocycles. The number of benzene rings is 1. The van der Waals surface area contributed by atoms with Crippen molar-refractivity contribution in [3.8, 4) is 0 Å². The second-order valence-corrected chi connectivity index (χ2v) is 2.71. The van der Waals surface area contributed by atoms with E-state index >= 15 is 0 Å². The lowest BCUT2D eigenvalue weighted by Gasteiger charge is -1.93. The van der Waals surface area contributed by atoms with Crippen molar-refractivity contribution >= 4 is 0 Å². The molecule has 1 aromatic rings. The highest BCUT2D eigenvalue weighted by molar-refractivity contribution is 5.23. The van der Waals surface area contributed by atoms with Crippen LogP contribution >= 0.6 is 0 Å². The Labute approximate surface area is 97.6 Å². The molecule has 1 nitrogen and oxygen atoms in total. The summed E-state index contributed by atoms with van der Waals surface area (Å²) in [5, 5.41) is 0. The van der Waals surface area contributed by atoms with Crippen LogP contribution < -0.4 is 0 Å². The summed E-state index contributed by atoms with van der Waals surface area (Å²) in [5.74, 6) is 0. The summed E-state index contributed by atoms with van der Waals surface area (Å²) >= 11 is 0. The molecule has 0 N–H and O–H groups in total. The lowest BCUT2D eigenvalue weighted by Crippen LogP contribution is -1.74. The fraction of sp³-hybridized carbons (Fsp3) is 0.143. The van der Waals surface area contributed by atoms with E-state index in [9.17, 15) is 4.39 Å². The first-order chi connectivity index (χ1) is 7.63. The average molecular weight is 222 g/mol. The molecule has 2 heteroatoms. The van der Waals surface area contributed by atoms with Crippen molar-refractivity contribution in [2.24, 2.45) is 0 Å². The van der Waals surface area contributed by atoms with Crippen molar-refractivity contribution in [3.63, 3.8) is 0 Å². The zero-order chi connectivity index (χ0) is 12.8. The van der Waals surface area contributed by atoms with Gasteiger partial charge in [0.05, 0.1) is 18.9 Å². The number of ether oxygens (including phenoxy) is 1. The Morgan fingerprint density at radius 2 is 1.31 bits per heavy atom. The number of aryl methyl sites for hydroxylation is 2. The molecule has 0 unspecified atom stereocenters. The van der Waals surface area contributed by atoms with Gasteiger partial charge in [-0.2, -0.15) is 0 Å². The first kappa shape index (κ1) is 16.6. The Hall–Kier alpha value is -1.83. The van der Waals surface area contributed by atoms with Crippen molar-refractivity contribution in [3.05, 3.63) is 74.0 Å². The molecule has 0 saturated carbocycles. The van der Waals surface area contributed by atoms with Crippen molar-refractivity contribution in [2.45, 2.75) is 13.8 Å². The Morgan fingerprint density at radius 3 is 1.44 bits per heavy atom. The van der Waals surface area contributed by atoms with Crippen LogP contribution in [0.15, 0.2) is 62.9 Å². The first-order valence-corrected chi connectivity index (χ1v) is 4.74. The summed E-state index contributed by atoms with van der Waals surface area (Å²) < 4.78 is 14.4. The van der Waals surface area contributed by atoms with E-state index in [0.717, 1.165) is 0 Å². The Bertz CT molecular complexity index is 278. The topological polar surface area (TPSA) is 9.23 Å². The van der Waals surface area contributed by atoms with Gasteiger partial charge in [0.1, 0.15) is 0 Å². The highest BCUT2D eigenvalue weighted by Gasteiger charge is 1.83. The van der Waals surface area contributed by atoms with Gasteiger partial charge in [0.15, 0.2) is 0 Å². The summed E-state index contributed by atoms with van der Waals surface area (Å²) in [6.07, 6.45) is 2.88. The van der Waals surface area contributed by atoms with Crippen LogP contribution in [-0.2, 0) is 4.74 Å². The quantitative estimate of drug-likeness (QED) is 0.659. The van der Waals surface area contributed by atoms with E-state index in [1.165, 1.54) is 23.7 Å². The van der Waals surface area contributed by atoms with E-state index in [1.54, 1.807) is 0 Å². The number of hydrogen-bond donors (Lipinski definition) is 0. The lowest BCUT2D eigenvalue weighted by atomic mass is 10.1. The van der Waals surface area contributed by atoms with E-state index in [2.05, 4.69) is 62.6 Å². The predicted molar refractivity (Wildman–Crippen MR) is 68.7 cm³/mol. The minimum atomic E-state index is 0.250. The fourth-order valence-corrected chi connectivity index (χ4v) is 0.731. The predicted octanol–water partition coefficient (Wildman–Crippen LogP) is 4.69. The molecule has 0 spiro atoms. The van der Waals surface area contributed by atoms with Gasteiger partial charge < -0.3 is 4.74 Å². The molecule has 0 atom stereocenters. The van der Waals surface area contributed by atoms with Gasteiger partial charge in [-0.25, -0.2) is 4.39 Å². The third kappa shape index (κ3) is 12.2. The van der Waals surface area contributed by atoms with Gasteiger partial charge >= 0.3 is 0 Å². The van der Waals surface area contributed by atoms with E-state index < -0.39 is 0 Å². The van der Waals surface area contributed by atoms with Gasteiger partial charge in [0.25, 0.3) is 0 Å². The molecule has 0 aliphatic carbocycles. The molecule has 0 radical (unpaired) electrons. The maximum Gasteiger partial charge on any atom is 0.0829 e. The number of hydrogen-bond acceptors (Lipinski definition) is 1. The molecule has 0 aromatic heterocycles. The molecule has 0 saturated heterocycles. The number of rotatable bonds is 2. The summed E-state index contributed by atoms with van der Waals surface area (Å²) in [7, 11) is 0. The van der Waals surface area contributed by atoms with Crippen molar-refractivity contribution in [1.82, 2.24) is 0 Å². The normalized spacial score (nSPS) is 7.19. The Balaban J connectivity index is 0. The highest BCUT2D eigenvalue weighted by atomic mass is 19.1. The molecule has 0 amide bonds. The van der Waals surface area contributed by atoms with Crippen LogP contribution in [0.25, 0.3) is 0 Å². The van der Waals surface area contributed by atoms with Gasteiger partial charge in [-0.3, -0.25) is 0 Å². The zero-order valence-electron chi connectivity index (χ0n) is 9.95. The Morgan fingerprint density at radius 1 is 1.00 bits per heavy atom. The van der Waals surface area contributed by atoms with Gasteiger partial charge in [0, 0.05) is 0 Å². The molecule has 1 rings (SSSR count). The Kier molecular flexibility index (Phi) is 13.7. The molecular weight excluding hydrogens is 203 g/mol. The number of halogens is 1. The molecular formula is C14H19FO. The second-order valence-electron chi connectivity index (χ2n) is 2.71. The van der Waals surface area contributed by atoms with Crippen molar-refractivity contribution in [1.29, 1.82) is 0 Å². The molecule has 16 heavy (non-hydrogen) atoms. The molecule has 88 valence electrons. The molecule has 0 aliphatic heterocycles. The molecule has 0 bridgehead atoms. The van der Waals surface area contributed by atoms with Crippen molar-refractivity contribution in [2.75, 3.05) is 0 Å². The molecule has 0 heterocycles. The van der Waals surface area contributed by atoms with Crippen LogP contribution in [0.2, 0.25) is 0 Å². The van der Waals surface area contributed by atoms with Crippen LogP contribution in [0.4, 0.5) is 4.39 Å². The van der Waals surface area contributed by atoms with Crippen LogP contribution in [0.1, 0.15) is 11.1 Å². The third-order valence-corrected chi connectivity index (χ3v) is 1.62. The standard InChI is InChI=1S/C8H10.C4H6O.C2H3F/c1-7-5-3-4-6-8(7)2;1-3-5-4-2;1-2-3/h3-6H,1-2H3;3-4H,1-2H2;2H,1H2. The van der Waals surface area contributed by atoms with E-state index in [0.29, 0.717) is 0 Å². The first-order valence-electron chi connectivity index (χ1n) is 4.74. The van der Waals surface area contributed by atoms with Crippen LogP contribution in [0.3, 0.4) is 0 Å². The summed E-state index contributed by atoms with van der Waals surface area (Å²) in [4.78, 5) is 0. The largest absolute Gasteiger partial charge is 0.474 e. The molecule has 0 aliphatic rings. The lowest BCUT2D eigenvalue weighted by molar-refractivity contribution is 0.406. The summed E-state index contributed by atoms with van der Waals surface area (Å²) in [6, 6.07) is 8.36. The highest BCUT2D eigenvalue weighted by Crippen LogP contribution is 2.02. The van der Waals surface area contributed by atoms with E-state index in [4.69, 9.17) is 0 Å². The second kappa shape index (κ2) is 13.2. The van der Waals surface area contributed by atoms with Crippen LogP contribution in [0.5, 0.6) is 0 Å². The van der Waals surface area contributed by atoms with Gasteiger partial charge in [0.2, 0.25) is 0 Å². The van der Waals surface area contributed by atoms with Crippen molar-refractivity contribution < 1.29 is 9.13 Å². The van der Waals surface area contributed by atoms with E-state index in [-0.39, 0.29) is 6.33 Å². The van der Waals surface area contributed by atoms with Crippen LogP contribution in [-0.4, -0.2) is 0 Å². The van der Waals surface area contributed by atoms with E-state index in [1.807, 2.05) is 0 Å². The zero-order valence-corrected chi connectivity index (χ0v) is 9.95. The van der Waals surface area contributed by atoms with Gasteiger partial charge in [-0.15, -0.1) is 0 Å². The summed E-state index contributed by atoms with van der Waals surface area (Å²) in [5.41, 5.74) is 2.74. The average Bonchev–Trinajstić information content (AvgIpc) is 2.26. The van der Waals surface area contributed by atoms with Crippen LogP contribution in [0, 0.1) is 13.8 Å².